The van der Waals surface area contributed by atoms with E-state index in [2.05, 4.69) is 30.3 Å². The zero-order chi connectivity index (χ0) is 18.0. The first kappa shape index (κ1) is 17.6. The monoisotopic (exact) mass is 344 g/mol. The third-order valence-corrected chi connectivity index (χ3v) is 4.56. The first-order chi connectivity index (χ1) is 11.9. The van der Waals surface area contributed by atoms with Crippen LogP contribution in [0.5, 0.6) is 0 Å². The van der Waals surface area contributed by atoms with Gasteiger partial charge in [0.1, 0.15) is 11.5 Å². The number of rotatable bonds is 7. The van der Waals surface area contributed by atoms with Crippen LogP contribution in [0.15, 0.2) is 22.6 Å². The fraction of sp³-hybridized carbons (Fsp3) is 0.579. The number of aryl methyl sites for hydroxylation is 3. The van der Waals surface area contributed by atoms with Gasteiger partial charge in [-0.05, 0) is 57.7 Å². The van der Waals surface area contributed by atoms with Gasteiger partial charge in [-0.3, -0.25) is 4.68 Å². The predicted molar refractivity (Wildman–Crippen MR) is 96.3 cm³/mol. The number of aromatic nitrogens is 2. The average molecular weight is 344 g/mol. The summed E-state index contributed by atoms with van der Waals surface area (Å²) in [6.45, 7) is 10.1. The molecular weight excluding hydrogens is 316 g/mol. The minimum absolute atomic E-state index is 0.00299. The number of carbonyl (C=O) groups excluding carboxylic acids is 1. The third-order valence-electron chi connectivity index (χ3n) is 4.56. The van der Waals surface area contributed by atoms with Crippen molar-refractivity contribution in [2.45, 2.75) is 59.7 Å². The molecule has 0 spiro atoms. The van der Waals surface area contributed by atoms with Crippen LogP contribution in [0.1, 0.15) is 42.7 Å². The Hall–Kier alpha value is -2.24. The van der Waals surface area contributed by atoms with Crippen molar-refractivity contribution in [2.24, 2.45) is 5.92 Å². The molecule has 2 aromatic heterocycles. The van der Waals surface area contributed by atoms with Crippen molar-refractivity contribution in [3.05, 3.63) is 41.1 Å². The summed E-state index contributed by atoms with van der Waals surface area (Å²) in [5.41, 5.74) is 2.19. The second-order valence-corrected chi connectivity index (χ2v) is 7.27. The van der Waals surface area contributed by atoms with Crippen LogP contribution in [0.25, 0.3) is 0 Å². The summed E-state index contributed by atoms with van der Waals surface area (Å²) < 4.78 is 7.64. The zero-order valence-electron chi connectivity index (χ0n) is 15.6. The number of hydrogen-bond donors (Lipinski definition) is 1. The molecule has 6 heteroatoms. The molecule has 0 bridgehead atoms. The SMILES string of the molecule is Cc1cc(C)n(C[C@H](C)CNC(=O)N(Cc2ccc(C)o2)C2CC2)n1. The Balaban J connectivity index is 1.52. The Morgan fingerprint density at radius 2 is 2.16 bits per heavy atom. The van der Waals surface area contributed by atoms with Crippen LogP contribution >= 0.6 is 0 Å². The number of nitrogens with zero attached hydrogens (tertiary/aromatic N) is 3. The molecule has 1 fully saturated rings. The van der Waals surface area contributed by atoms with Crippen molar-refractivity contribution in [2.75, 3.05) is 6.54 Å². The molecule has 1 aliphatic rings. The smallest absolute Gasteiger partial charge is 0.318 e. The first-order valence-electron chi connectivity index (χ1n) is 9.03. The molecule has 0 aromatic carbocycles. The van der Waals surface area contributed by atoms with E-state index in [-0.39, 0.29) is 6.03 Å². The molecule has 3 rings (SSSR count). The largest absolute Gasteiger partial charge is 0.464 e. The summed E-state index contributed by atoms with van der Waals surface area (Å²) >= 11 is 0. The van der Waals surface area contributed by atoms with Crippen LogP contribution in [0.4, 0.5) is 4.79 Å². The fourth-order valence-electron chi connectivity index (χ4n) is 3.07. The Morgan fingerprint density at radius 1 is 1.40 bits per heavy atom. The molecule has 1 atom stereocenters. The maximum absolute atomic E-state index is 12.6. The number of urea groups is 1. The number of hydrogen-bond acceptors (Lipinski definition) is 3. The summed E-state index contributed by atoms with van der Waals surface area (Å²) in [5, 5.41) is 7.57. The van der Waals surface area contributed by atoms with E-state index in [1.165, 1.54) is 0 Å². The van der Waals surface area contributed by atoms with E-state index < -0.39 is 0 Å². The molecular formula is C19H28N4O2. The molecule has 2 amide bonds. The van der Waals surface area contributed by atoms with Crippen LogP contribution in [0, 0.1) is 26.7 Å². The van der Waals surface area contributed by atoms with E-state index in [9.17, 15) is 4.79 Å². The van der Waals surface area contributed by atoms with Gasteiger partial charge in [0.25, 0.3) is 0 Å². The molecule has 1 saturated carbocycles. The van der Waals surface area contributed by atoms with Crippen molar-refractivity contribution in [3.63, 3.8) is 0 Å². The van der Waals surface area contributed by atoms with Gasteiger partial charge in [-0.2, -0.15) is 5.10 Å². The van der Waals surface area contributed by atoms with E-state index in [1.54, 1.807) is 0 Å². The summed E-state index contributed by atoms with van der Waals surface area (Å²) in [5.74, 6) is 2.04. The molecule has 0 unspecified atom stereocenters. The maximum Gasteiger partial charge on any atom is 0.318 e. The number of amides is 2. The quantitative estimate of drug-likeness (QED) is 0.837. The molecule has 2 heterocycles. The van der Waals surface area contributed by atoms with Crippen molar-refractivity contribution < 1.29 is 9.21 Å². The minimum Gasteiger partial charge on any atom is -0.464 e. The van der Waals surface area contributed by atoms with Crippen LogP contribution in [0.2, 0.25) is 0 Å². The van der Waals surface area contributed by atoms with Gasteiger partial charge in [0.2, 0.25) is 0 Å². The molecule has 136 valence electrons. The maximum atomic E-state index is 12.6. The molecule has 1 N–H and O–H groups in total. The predicted octanol–water partition coefficient (Wildman–Crippen LogP) is 3.41. The van der Waals surface area contributed by atoms with Gasteiger partial charge in [0, 0.05) is 24.8 Å². The molecule has 25 heavy (non-hydrogen) atoms. The van der Waals surface area contributed by atoms with E-state index in [0.717, 1.165) is 42.3 Å². The molecule has 6 nitrogen and oxygen atoms in total. The van der Waals surface area contributed by atoms with Gasteiger partial charge in [-0.15, -0.1) is 0 Å². The highest BCUT2D eigenvalue weighted by molar-refractivity contribution is 5.74. The lowest BCUT2D eigenvalue weighted by Crippen LogP contribution is -2.42. The second-order valence-electron chi connectivity index (χ2n) is 7.27. The second kappa shape index (κ2) is 7.33. The summed E-state index contributed by atoms with van der Waals surface area (Å²) in [6, 6.07) is 6.30. The lowest BCUT2D eigenvalue weighted by atomic mass is 10.2. The number of furan rings is 1. The van der Waals surface area contributed by atoms with Crippen molar-refractivity contribution >= 4 is 6.03 Å². The first-order valence-corrected chi connectivity index (χ1v) is 9.03. The van der Waals surface area contributed by atoms with Gasteiger partial charge >= 0.3 is 6.03 Å². The highest BCUT2D eigenvalue weighted by Crippen LogP contribution is 2.28. The highest BCUT2D eigenvalue weighted by atomic mass is 16.3. The Kier molecular flexibility index (Phi) is 5.16. The third kappa shape index (κ3) is 4.65. The number of nitrogens with one attached hydrogen (secondary N) is 1. The Labute approximate surface area is 149 Å². The Morgan fingerprint density at radius 3 is 2.72 bits per heavy atom. The van der Waals surface area contributed by atoms with Crippen molar-refractivity contribution in [1.29, 1.82) is 0 Å². The molecule has 0 aliphatic heterocycles. The van der Waals surface area contributed by atoms with Crippen LogP contribution < -0.4 is 5.32 Å². The highest BCUT2D eigenvalue weighted by Gasteiger charge is 2.33. The summed E-state index contributed by atoms with van der Waals surface area (Å²) in [4.78, 5) is 14.5. The van der Waals surface area contributed by atoms with Crippen molar-refractivity contribution in [3.8, 4) is 0 Å². The van der Waals surface area contributed by atoms with Gasteiger partial charge in [-0.1, -0.05) is 6.92 Å². The normalized spacial score (nSPS) is 15.2. The van der Waals surface area contributed by atoms with E-state index >= 15 is 0 Å². The fourth-order valence-corrected chi connectivity index (χ4v) is 3.07. The molecule has 0 radical (unpaired) electrons. The minimum atomic E-state index is -0.00299. The Bertz CT molecular complexity index is 730. The summed E-state index contributed by atoms with van der Waals surface area (Å²) in [7, 11) is 0. The van der Waals surface area contributed by atoms with Crippen LogP contribution in [0.3, 0.4) is 0 Å². The molecule has 0 saturated heterocycles. The molecule has 1 aliphatic carbocycles. The summed E-state index contributed by atoms with van der Waals surface area (Å²) in [6.07, 6.45) is 2.16. The van der Waals surface area contributed by atoms with E-state index in [0.29, 0.717) is 25.0 Å². The van der Waals surface area contributed by atoms with Crippen LogP contribution in [-0.4, -0.2) is 33.3 Å². The lowest BCUT2D eigenvalue weighted by molar-refractivity contribution is 0.184. The zero-order valence-corrected chi connectivity index (χ0v) is 15.6. The molecule has 2 aromatic rings. The average Bonchev–Trinajstić information content (AvgIpc) is 3.24. The van der Waals surface area contributed by atoms with Gasteiger partial charge in [-0.25, -0.2) is 4.79 Å². The van der Waals surface area contributed by atoms with Crippen LogP contribution in [-0.2, 0) is 13.1 Å². The van der Waals surface area contributed by atoms with E-state index in [1.807, 2.05) is 35.6 Å². The van der Waals surface area contributed by atoms with Crippen molar-refractivity contribution in [1.82, 2.24) is 20.0 Å². The van der Waals surface area contributed by atoms with Gasteiger partial charge < -0.3 is 14.6 Å². The van der Waals surface area contributed by atoms with Gasteiger partial charge in [0.15, 0.2) is 0 Å². The number of carbonyl (C=O) groups is 1. The van der Waals surface area contributed by atoms with Gasteiger partial charge in [0.05, 0.1) is 12.2 Å². The van der Waals surface area contributed by atoms with E-state index in [4.69, 9.17) is 4.42 Å². The topological polar surface area (TPSA) is 63.3 Å². The standard InChI is InChI=1S/C19H28N4O2/c1-13(11-23-15(3)9-14(2)21-23)10-20-19(24)22(17-6-7-17)12-18-8-5-16(4)25-18/h5,8-9,13,17H,6-7,10-12H2,1-4H3,(H,20,24)/t13-/m1/s1. The lowest BCUT2D eigenvalue weighted by Gasteiger charge is -2.23.